The molecule has 4 aromatic rings. The van der Waals surface area contributed by atoms with Gasteiger partial charge in [-0.05, 0) is 85.4 Å². The summed E-state index contributed by atoms with van der Waals surface area (Å²) < 4.78 is 8.21. The van der Waals surface area contributed by atoms with Crippen LogP contribution in [0.5, 0.6) is 5.75 Å². The number of aromatic carboxylic acids is 1. The van der Waals surface area contributed by atoms with E-state index in [0.717, 1.165) is 54.7 Å². The largest absolute Gasteiger partial charge is 0.486 e. The Morgan fingerprint density at radius 1 is 1.09 bits per heavy atom. The van der Waals surface area contributed by atoms with Crippen LogP contribution in [0, 0.1) is 5.92 Å². The number of aryl methyl sites for hydroxylation is 2. The van der Waals surface area contributed by atoms with Gasteiger partial charge < -0.3 is 19.8 Å². The first-order valence-corrected chi connectivity index (χ1v) is 15.9. The molecule has 1 amide bonds. The highest BCUT2D eigenvalue weighted by Gasteiger charge is 2.34. The lowest BCUT2D eigenvalue weighted by Gasteiger charge is -2.39. The van der Waals surface area contributed by atoms with Gasteiger partial charge in [0.05, 0.1) is 17.5 Å². The number of benzene rings is 2. The van der Waals surface area contributed by atoms with Crippen molar-refractivity contribution in [2.75, 3.05) is 13.1 Å². The molecule has 1 fully saturated rings. The summed E-state index contributed by atoms with van der Waals surface area (Å²) in [6.45, 7) is 7.23. The van der Waals surface area contributed by atoms with Gasteiger partial charge in [0.25, 0.3) is 5.91 Å². The average Bonchev–Trinajstić information content (AvgIpc) is 3.72. The molecule has 0 bridgehead atoms. The van der Waals surface area contributed by atoms with Crippen LogP contribution in [0.3, 0.4) is 0 Å². The number of pyridine rings is 1. The van der Waals surface area contributed by atoms with Crippen LogP contribution in [0.1, 0.15) is 84.7 Å². The number of aliphatic hydroxyl groups excluding tert-OH is 1. The van der Waals surface area contributed by atoms with Gasteiger partial charge in [0.1, 0.15) is 18.0 Å². The standard InChI is InChI=1S/C36H40N4O5/c1-4-23-18-27(13-14-28(23)29-16-17-39(20-24(29)5-2)35(42)22(3)41)45-32-15-12-25-8-6-9-30(34(25)32)31-10-7-11-33(38-31)40-21-26(19-37-40)36(43)44/h6-11,13-14,18-19,21-22,24,29,32,41H,4-5,12,15-17,20H2,1-3H3,(H,43,44)/t22-,24?,29?,32-/m0/s1. The first kappa shape index (κ1) is 30.5. The smallest absolute Gasteiger partial charge is 0.338 e. The monoisotopic (exact) mass is 608 g/mol. The lowest BCUT2D eigenvalue weighted by molar-refractivity contribution is -0.141. The van der Waals surface area contributed by atoms with Crippen molar-refractivity contribution in [2.45, 2.75) is 71.0 Å². The topological polar surface area (TPSA) is 118 Å². The molecule has 1 aliphatic heterocycles. The van der Waals surface area contributed by atoms with Gasteiger partial charge in [0.15, 0.2) is 5.82 Å². The minimum atomic E-state index is -1.03. The summed E-state index contributed by atoms with van der Waals surface area (Å²) >= 11 is 0. The maximum atomic E-state index is 12.5. The number of carboxylic acids is 1. The molecular weight excluding hydrogens is 568 g/mol. The summed E-state index contributed by atoms with van der Waals surface area (Å²) in [5.41, 5.74) is 6.87. The molecule has 2 aliphatic rings. The Morgan fingerprint density at radius 3 is 2.64 bits per heavy atom. The highest BCUT2D eigenvalue weighted by atomic mass is 16.5. The first-order chi connectivity index (χ1) is 21.8. The highest BCUT2D eigenvalue weighted by Crippen LogP contribution is 2.43. The Balaban J connectivity index is 1.25. The highest BCUT2D eigenvalue weighted by molar-refractivity contribution is 5.87. The van der Waals surface area contributed by atoms with Crippen molar-refractivity contribution in [3.8, 4) is 22.8 Å². The van der Waals surface area contributed by atoms with Crippen LogP contribution in [-0.4, -0.2) is 60.9 Å². The van der Waals surface area contributed by atoms with E-state index in [9.17, 15) is 19.8 Å². The number of likely N-dealkylation sites (tertiary alicyclic amines) is 1. The van der Waals surface area contributed by atoms with Gasteiger partial charge in [-0.1, -0.05) is 50.6 Å². The maximum Gasteiger partial charge on any atom is 0.338 e. The molecule has 0 radical (unpaired) electrons. The van der Waals surface area contributed by atoms with E-state index in [4.69, 9.17) is 9.72 Å². The van der Waals surface area contributed by atoms with E-state index in [1.54, 1.807) is 6.92 Å². The van der Waals surface area contributed by atoms with Crippen molar-refractivity contribution in [1.29, 1.82) is 0 Å². The summed E-state index contributed by atoms with van der Waals surface area (Å²) in [5, 5.41) is 23.3. The van der Waals surface area contributed by atoms with E-state index in [-0.39, 0.29) is 17.6 Å². The molecule has 6 rings (SSSR count). The second-order valence-electron chi connectivity index (χ2n) is 12.1. The summed E-state index contributed by atoms with van der Waals surface area (Å²) in [7, 11) is 0. The third kappa shape index (κ3) is 6.09. The number of hydrogen-bond donors (Lipinski definition) is 2. The molecule has 2 aromatic carbocycles. The number of hydrogen-bond acceptors (Lipinski definition) is 6. The number of fused-ring (bicyclic) bond motifs is 1. The fourth-order valence-corrected chi connectivity index (χ4v) is 7.05. The molecule has 234 valence electrons. The van der Waals surface area contributed by atoms with Crippen LogP contribution < -0.4 is 4.74 Å². The first-order valence-electron chi connectivity index (χ1n) is 15.9. The van der Waals surface area contributed by atoms with Crippen molar-refractivity contribution in [3.05, 3.63) is 94.8 Å². The molecule has 9 heteroatoms. The molecule has 1 aliphatic carbocycles. The van der Waals surface area contributed by atoms with E-state index >= 15 is 0 Å². The minimum Gasteiger partial charge on any atom is -0.486 e. The van der Waals surface area contributed by atoms with Gasteiger partial charge in [-0.15, -0.1) is 0 Å². The number of aliphatic hydroxyl groups is 1. The fraction of sp³-hybridized carbons (Fsp3) is 0.389. The van der Waals surface area contributed by atoms with Gasteiger partial charge in [-0.3, -0.25) is 4.79 Å². The third-order valence-corrected chi connectivity index (χ3v) is 9.37. The number of carbonyl (C=O) groups excluding carboxylic acids is 1. The van der Waals surface area contributed by atoms with E-state index in [0.29, 0.717) is 30.7 Å². The van der Waals surface area contributed by atoms with Gasteiger partial charge in [0, 0.05) is 30.4 Å². The second kappa shape index (κ2) is 12.9. The fourth-order valence-electron chi connectivity index (χ4n) is 7.05. The van der Waals surface area contributed by atoms with Gasteiger partial charge in [-0.25, -0.2) is 14.5 Å². The molecular formula is C36H40N4O5. The Bertz CT molecular complexity index is 1710. The maximum absolute atomic E-state index is 12.5. The minimum absolute atomic E-state index is 0.107. The lowest BCUT2D eigenvalue weighted by atomic mass is 9.77. The van der Waals surface area contributed by atoms with Crippen LogP contribution in [0.15, 0.2) is 67.0 Å². The summed E-state index contributed by atoms with van der Waals surface area (Å²) in [4.78, 5) is 30.5. The predicted molar refractivity (Wildman–Crippen MR) is 171 cm³/mol. The number of ether oxygens (including phenoxy) is 1. The Hall–Kier alpha value is -4.50. The number of carboxylic acid groups (broad SMARTS) is 1. The second-order valence-corrected chi connectivity index (χ2v) is 12.1. The Morgan fingerprint density at radius 2 is 1.91 bits per heavy atom. The van der Waals surface area contributed by atoms with Gasteiger partial charge >= 0.3 is 5.97 Å². The Labute approximate surface area is 263 Å². The van der Waals surface area contributed by atoms with Crippen LogP contribution in [-0.2, 0) is 17.6 Å². The number of aromatic nitrogens is 3. The number of nitrogens with zero attached hydrogens (tertiary/aromatic N) is 4. The van der Waals surface area contributed by atoms with Crippen LogP contribution in [0.4, 0.5) is 0 Å². The molecule has 9 nitrogen and oxygen atoms in total. The molecule has 2 N–H and O–H groups in total. The zero-order valence-corrected chi connectivity index (χ0v) is 26.0. The zero-order valence-electron chi connectivity index (χ0n) is 26.0. The molecule has 3 heterocycles. The molecule has 0 saturated carbocycles. The lowest BCUT2D eigenvalue weighted by Crippen LogP contribution is -2.46. The van der Waals surface area contributed by atoms with Gasteiger partial charge in [0.2, 0.25) is 0 Å². The number of piperidine rings is 1. The summed E-state index contributed by atoms with van der Waals surface area (Å²) in [6, 6.07) is 18.4. The normalized spacial score (nSPS) is 20.1. The predicted octanol–water partition coefficient (Wildman–Crippen LogP) is 5.98. The number of amides is 1. The zero-order chi connectivity index (χ0) is 31.7. The van der Waals surface area contributed by atoms with E-state index in [1.807, 2.05) is 23.1 Å². The molecule has 1 saturated heterocycles. The van der Waals surface area contributed by atoms with Crippen LogP contribution >= 0.6 is 0 Å². The van der Waals surface area contributed by atoms with E-state index in [1.165, 1.54) is 33.8 Å². The van der Waals surface area contributed by atoms with Crippen molar-refractivity contribution >= 4 is 11.9 Å². The van der Waals surface area contributed by atoms with Crippen molar-refractivity contribution in [1.82, 2.24) is 19.7 Å². The van der Waals surface area contributed by atoms with Crippen LogP contribution in [0.25, 0.3) is 17.1 Å². The van der Waals surface area contributed by atoms with E-state index in [2.05, 4.69) is 55.3 Å². The third-order valence-electron chi connectivity index (χ3n) is 9.37. The Kier molecular flexibility index (Phi) is 8.72. The molecule has 2 unspecified atom stereocenters. The SMILES string of the molecule is CCc1cc(O[C@H]2CCc3cccc(-c4cccc(-n5cc(C(=O)O)cn5)n4)c32)ccc1C1CCN(C(=O)[C@H](C)O)CC1CC. The van der Waals surface area contributed by atoms with Crippen molar-refractivity contribution in [3.63, 3.8) is 0 Å². The average molecular weight is 609 g/mol. The summed E-state index contributed by atoms with van der Waals surface area (Å²) in [5.74, 6) is 0.870. The number of carbonyl (C=O) groups is 2. The molecule has 45 heavy (non-hydrogen) atoms. The molecule has 4 atom stereocenters. The van der Waals surface area contributed by atoms with E-state index < -0.39 is 12.1 Å². The summed E-state index contributed by atoms with van der Waals surface area (Å²) in [6.07, 6.45) is 6.20. The molecule has 0 spiro atoms. The quantitative estimate of drug-likeness (QED) is 0.240. The van der Waals surface area contributed by atoms with Crippen molar-refractivity contribution < 1.29 is 24.5 Å². The van der Waals surface area contributed by atoms with Crippen molar-refractivity contribution in [2.24, 2.45) is 5.92 Å². The molecule has 2 aromatic heterocycles. The van der Waals surface area contributed by atoms with Crippen LogP contribution in [0.2, 0.25) is 0 Å². The van der Waals surface area contributed by atoms with Gasteiger partial charge in [-0.2, -0.15) is 5.10 Å². The number of rotatable bonds is 9.